The fourth-order valence-electron chi connectivity index (χ4n) is 4.27. The molecule has 0 amide bonds. The van der Waals surface area contributed by atoms with E-state index in [4.69, 9.17) is 10.1 Å². The number of hydrogen-bond acceptors (Lipinski definition) is 4. The molecule has 1 aliphatic rings. The number of aryl methyl sites for hydroxylation is 2. The Morgan fingerprint density at radius 1 is 0.912 bits per heavy atom. The SMILES string of the molecule is Cc1ccc(-c2csc(N3N=C(c4ccc(F)cc4)CC3c3ccc(C(C)C)cc3)n2)cc1C. The first-order chi connectivity index (χ1) is 16.4. The van der Waals surface area contributed by atoms with E-state index in [1.807, 2.05) is 5.01 Å². The molecule has 0 saturated carbocycles. The van der Waals surface area contributed by atoms with Crippen LogP contribution in [-0.4, -0.2) is 10.7 Å². The molecule has 1 unspecified atom stereocenters. The predicted octanol–water partition coefficient (Wildman–Crippen LogP) is 8.05. The van der Waals surface area contributed by atoms with E-state index in [9.17, 15) is 4.39 Å². The lowest BCUT2D eigenvalue weighted by Crippen LogP contribution is -2.18. The largest absolute Gasteiger partial charge is 0.231 e. The molecule has 1 aromatic heterocycles. The number of rotatable bonds is 5. The molecule has 5 rings (SSSR count). The Kier molecular flexibility index (Phi) is 6.05. The molecule has 1 aliphatic heterocycles. The van der Waals surface area contributed by atoms with Crippen LogP contribution in [0.15, 0.2) is 77.2 Å². The zero-order chi connectivity index (χ0) is 23.8. The normalized spacial score (nSPS) is 15.8. The van der Waals surface area contributed by atoms with Crippen LogP contribution >= 0.6 is 11.3 Å². The van der Waals surface area contributed by atoms with Crippen LogP contribution in [0.2, 0.25) is 0 Å². The molecule has 2 heterocycles. The van der Waals surface area contributed by atoms with Gasteiger partial charge in [-0.05, 0) is 65.8 Å². The van der Waals surface area contributed by atoms with Crippen LogP contribution in [0.25, 0.3) is 11.3 Å². The first-order valence-electron chi connectivity index (χ1n) is 11.6. The molecule has 0 saturated heterocycles. The van der Waals surface area contributed by atoms with Gasteiger partial charge in [-0.25, -0.2) is 14.4 Å². The zero-order valence-corrected chi connectivity index (χ0v) is 20.7. The van der Waals surface area contributed by atoms with E-state index in [-0.39, 0.29) is 11.9 Å². The standard InChI is InChI=1S/C29H28FN3S/c1-18(2)21-7-9-23(10-8-21)28-16-26(22-11-13-25(30)14-12-22)32-33(28)29-31-27(17-34-29)24-6-5-19(3)20(4)15-24/h5-15,17-18,28H,16H2,1-4H3. The first kappa shape index (κ1) is 22.5. The Bertz CT molecular complexity index is 1340. The van der Waals surface area contributed by atoms with Gasteiger partial charge < -0.3 is 0 Å². The molecule has 0 radical (unpaired) electrons. The molecule has 0 N–H and O–H groups in total. The number of hydrazone groups is 1. The molecule has 3 aromatic carbocycles. The number of halogens is 1. The maximum absolute atomic E-state index is 13.5. The van der Waals surface area contributed by atoms with Crippen LogP contribution in [0.4, 0.5) is 9.52 Å². The second-order valence-corrected chi connectivity index (χ2v) is 10.1. The number of nitrogens with zero attached hydrogens (tertiary/aromatic N) is 3. The second kappa shape index (κ2) is 9.15. The molecule has 0 spiro atoms. The third kappa shape index (κ3) is 4.40. The van der Waals surface area contributed by atoms with Crippen LogP contribution in [0.1, 0.15) is 60.0 Å². The minimum atomic E-state index is -0.238. The maximum atomic E-state index is 13.5. The van der Waals surface area contributed by atoms with Crippen molar-refractivity contribution in [1.82, 2.24) is 4.98 Å². The molecule has 34 heavy (non-hydrogen) atoms. The summed E-state index contributed by atoms with van der Waals surface area (Å²) in [5.41, 5.74) is 9.02. The Morgan fingerprint density at radius 2 is 1.62 bits per heavy atom. The van der Waals surface area contributed by atoms with Crippen molar-refractivity contribution in [2.75, 3.05) is 5.01 Å². The van der Waals surface area contributed by atoms with Gasteiger partial charge in [0.25, 0.3) is 0 Å². The van der Waals surface area contributed by atoms with E-state index >= 15 is 0 Å². The van der Waals surface area contributed by atoms with Crippen molar-refractivity contribution in [2.45, 2.75) is 46.1 Å². The van der Waals surface area contributed by atoms with Crippen LogP contribution in [0, 0.1) is 19.7 Å². The molecule has 172 valence electrons. The predicted molar refractivity (Wildman–Crippen MR) is 140 cm³/mol. The quantitative estimate of drug-likeness (QED) is 0.296. The van der Waals surface area contributed by atoms with Crippen LogP contribution < -0.4 is 5.01 Å². The summed E-state index contributed by atoms with van der Waals surface area (Å²) in [6.07, 6.45) is 0.741. The van der Waals surface area contributed by atoms with Gasteiger partial charge in [0.15, 0.2) is 0 Å². The highest BCUT2D eigenvalue weighted by molar-refractivity contribution is 7.14. The van der Waals surface area contributed by atoms with Crippen LogP contribution in [-0.2, 0) is 0 Å². The number of benzene rings is 3. The summed E-state index contributed by atoms with van der Waals surface area (Å²) in [6.45, 7) is 8.66. The lowest BCUT2D eigenvalue weighted by Gasteiger charge is -2.21. The molecule has 3 nitrogen and oxygen atoms in total. The minimum Gasteiger partial charge on any atom is -0.231 e. The Balaban J connectivity index is 1.52. The highest BCUT2D eigenvalue weighted by atomic mass is 32.1. The van der Waals surface area contributed by atoms with Gasteiger partial charge in [-0.2, -0.15) is 5.10 Å². The number of thiazole rings is 1. The van der Waals surface area contributed by atoms with E-state index in [1.54, 1.807) is 23.5 Å². The van der Waals surface area contributed by atoms with Crippen molar-refractivity contribution >= 4 is 22.2 Å². The summed E-state index contributed by atoms with van der Waals surface area (Å²) < 4.78 is 13.5. The summed E-state index contributed by atoms with van der Waals surface area (Å²) in [5.74, 6) is 0.247. The summed E-state index contributed by atoms with van der Waals surface area (Å²) in [5, 5.41) is 9.99. The Hall–Kier alpha value is -3.31. The van der Waals surface area contributed by atoms with Gasteiger partial charge in [-0.3, -0.25) is 0 Å². The first-order valence-corrected chi connectivity index (χ1v) is 12.5. The molecule has 4 aromatic rings. The van der Waals surface area contributed by atoms with Crippen molar-refractivity contribution in [1.29, 1.82) is 0 Å². The van der Waals surface area contributed by atoms with Crippen molar-refractivity contribution in [3.63, 3.8) is 0 Å². The highest BCUT2D eigenvalue weighted by Gasteiger charge is 2.32. The van der Waals surface area contributed by atoms with E-state index < -0.39 is 0 Å². The molecule has 0 bridgehead atoms. The van der Waals surface area contributed by atoms with Gasteiger partial charge in [0, 0.05) is 17.4 Å². The fourth-order valence-corrected chi connectivity index (χ4v) is 5.10. The molecule has 0 fully saturated rings. The van der Waals surface area contributed by atoms with Crippen molar-refractivity contribution in [3.8, 4) is 11.3 Å². The lowest BCUT2D eigenvalue weighted by molar-refractivity contribution is 0.627. The summed E-state index contributed by atoms with van der Waals surface area (Å²) in [4.78, 5) is 4.97. The maximum Gasteiger partial charge on any atom is 0.207 e. The molecular formula is C29H28FN3S. The average molecular weight is 470 g/mol. The average Bonchev–Trinajstić information content (AvgIpc) is 3.49. The second-order valence-electron chi connectivity index (χ2n) is 9.25. The third-order valence-corrected chi connectivity index (χ3v) is 7.40. The zero-order valence-electron chi connectivity index (χ0n) is 19.9. The number of aromatic nitrogens is 1. The summed E-state index contributed by atoms with van der Waals surface area (Å²) in [6, 6.07) is 21.9. The number of anilines is 1. The van der Waals surface area contributed by atoms with E-state index in [2.05, 4.69) is 75.5 Å². The van der Waals surface area contributed by atoms with E-state index in [0.29, 0.717) is 5.92 Å². The van der Waals surface area contributed by atoms with Crippen LogP contribution in [0.5, 0.6) is 0 Å². The minimum absolute atomic E-state index is 0.0417. The van der Waals surface area contributed by atoms with Crippen molar-refractivity contribution in [2.24, 2.45) is 5.10 Å². The highest BCUT2D eigenvalue weighted by Crippen LogP contribution is 2.40. The lowest BCUT2D eigenvalue weighted by atomic mass is 9.95. The van der Waals surface area contributed by atoms with Gasteiger partial charge >= 0.3 is 0 Å². The summed E-state index contributed by atoms with van der Waals surface area (Å²) >= 11 is 1.61. The molecule has 0 aliphatic carbocycles. The fraction of sp³-hybridized carbons (Fsp3) is 0.241. The molecule has 5 heteroatoms. The Morgan fingerprint density at radius 3 is 2.29 bits per heavy atom. The Labute approximate surface area is 204 Å². The van der Waals surface area contributed by atoms with E-state index in [1.165, 1.54) is 34.4 Å². The smallest absolute Gasteiger partial charge is 0.207 e. The monoisotopic (exact) mass is 469 g/mol. The number of hydrogen-bond donors (Lipinski definition) is 0. The van der Waals surface area contributed by atoms with Gasteiger partial charge in [0.2, 0.25) is 5.13 Å². The van der Waals surface area contributed by atoms with Gasteiger partial charge in [-0.15, -0.1) is 11.3 Å². The van der Waals surface area contributed by atoms with Gasteiger partial charge in [0.05, 0.1) is 17.4 Å². The summed E-state index contributed by atoms with van der Waals surface area (Å²) in [7, 11) is 0. The van der Waals surface area contributed by atoms with Crippen LogP contribution in [0.3, 0.4) is 0 Å². The third-order valence-electron chi connectivity index (χ3n) is 6.57. The molecular weight excluding hydrogens is 441 g/mol. The van der Waals surface area contributed by atoms with Gasteiger partial charge in [-0.1, -0.05) is 62.4 Å². The van der Waals surface area contributed by atoms with Gasteiger partial charge in [0.1, 0.15) is 5.82 Å². The van der Waals surface area contributed by atoms with Crippen molar-refractivity contribution in [3.05, 3.63) is 106 Å². The topological polar surface area (TPSA) is 28.5 Å². The molecule has 1 atom stereocenters. The van der Waals surface area contributed by atoms with E-state index in [0.717, 1.165) is 34.1 Å². The van der Waals surface area contributed by atoms with Crippen molar-refractivity contribution < 1.29 is 4.39 Å².